The summed E-state index contributed by atoms with van der Waals surface area (Å²) in [5, 5.41) is 5.84. The van der Waals surface area contributed by atoms with Crippen molar-refractivity contribution in [1.29, 1.82) is 0 Å². The first-order valence-corrected chi connectivity index (χ1v) is 8.04. The number of para-hydroxylation sites is 1. The summed E-state index contributed by atoms with van der Waals surface area (Å²) in [6, 6.07) is 16.7. The van der Waals surface area contributed by atoms with Gasteiger partial charge in [0.1, 0.15) is 17.4 Å². The molecule has 2 N–H and O–H groups in total. The van der Waals surface area contributed by atoms with E-state index in [0.717, 1.165) is 11.3 Å². The summed E-state index contributed by atoms with van der Waals surface area (Å²) < 4.78 is 18.5. The summed E-state index contributed by atoms with van der Waals surface area (Å²) in [6.45, 7) is 0.506. The summed E-state index contributed by atoms with van der Waals surface area (Å²) in [5.74, 6) is 0.595. The second-order valence-corrected chi connectivity index (χ2v) is 5.56. The molecule has 0 spiro atoms. The van der Waals surface area contributed by atoms with Gasteiger partial charge in [-0.2, -0.15) is 0 Å². The van der Waals surface area contributed by atoms with Gasteiger partial charge in [-0.15, -0.1) is 0 Å². The predicted octanol–water partition coefficient (Wildman–Crippen LogP) is 4.09. The second-order valence-electron chi connectivity index (χ2n) is 5.56. The van der Waals surface area contributed by atoms with E-state index < -0.39 is 5.82 Å². The van der Waals surface area contributed by atoms with Gasteiger partial charge in [0.2, 0.25) is 0 Å². The molecule has 0 fully saturated rings. The highest BCUT2D eigenvalue weighted by Crippen LogP contribution is 2.19. The summed E-state index contributed by atoms with van der Waals surface area (Å²) in [6.07, 6.45) is 1.55. The molecule has 0 unspecified atom stereocenters. The first-order chi connectivity index (χ1) is 12.7. The van der Waals surface area contributed by atoms with E-state index in [2.05, 4.69) is 15.6 Å². The lowest BCUT2D eigenvalue weighted by Crippen LogP contribution is -2.13. The lowest BCUT2D eigenvalue weighted by atomic mass is 10.2. The number of nitrogens with zero attached hydrogens (tertiary/aromatic N) is 1. The smallest absolute Gasteiger partial charge is 0.255 e. The minimum Gasteiger partial charge on any atom is -0.496 e. The maximum absolute atomic E-state index is 13.2. The molecule has 5 nitrogen and oxygen atoms in total. The minimum atomic E-state index is -0.406. The number of nitrogens with one attached hydrogen (secondary N) is 2. The first kappa shape index (κ1) is 17.4. The zero-order chi connectivity index (χ0) is 18.4. The Morgan fingerprint density at radius 3 is 2.77 bits per heavy atom. The number of amides is 1. The van der Waals surface area contributed by atoms with Crippen LogP contribution in [0.15, 0.2) is 66.9 Å². The monoisotopic (exact) mass is 351 g/mol. The summed E-state index contributed by atoms with van der Waals surface area (Å²) >= 11 is 0. The highest BCUT2D eigenvalue weighted by Gasteiger charge is 2.09. The molecule has 6 heteroatoms. The molecule has 0 aliphatic rings. The quantitative estimate of drug-likeness (QED) is 0.702. The topological polar surface area (TPSA) is 63.2 Å². The molecular weight excluding hydrogens is 333 g/mol. The molecule has 132 valence electrons. The molecule has 0 atom stereocenters. The molecule has 3 aromatic rings. The lowest BCUT2D eigenvalue weighted by Gasteiger charge is -2.11. The van der Waals surface area contributed by atoms with Gasteiger partial charge in [-0.05, 0) is 36.4 Å². The number of pyridine rings is 1. The van der Waals surface area contributed by atoms with Gasteiger partial charge in [0, 0.05) is 29.6 Å². The maximum Gasteiger partial charge on any atom is 0.255 e. The fraction of sp³-hybridized carbons (Fsp3) is 0.100. The Hall–Kier alpha value is -3.41. The van der Waals surface area contributed by atoms with Gasteiger partial charge >= 0.3 is 0 Å². The standard InChI is InChI=1S/C20H18FN3O2/c1-26-18-8-3-2-5-15(18)13-23-19-11-14(9-10-22-19)20(25)24-17-7-4-6-16(21)12-17/h2-12H,13H2,1H3,(H,22,23)(H,24,25). The van der Waals surface area contributed by atoms with Crippen molar-refractivity contribution < 1.29 is 13.9 Å². The highest BCUT2D eigenvalue weighted by atomic mass is 19.1. The van der Waals surface area contributed by atoms with Crippen LogP contribution in [0.3, 0.4) is 0 Å². The van der Waals surface area contributed by atoms with E-state index in [-0.39, 0.29) is 5.91 Å². The molecule has 1 amide bonds. The van der Waals surface area contributed by atoms with Gasteiger partial charge < -0.3 is 15.4 Å². The van der Waals surface area contributed by atoms with Crippen LogP contribution in [-0.4, -0.2) is 18.0 Å². The molecule has 1 heterocycles. The Kier molecular flexibility index (Phi) is 5.43. The first-order valence-electron chi connectivity index (χ1n) is 8.04. The molecule has 3 rings (SSSR count). The summed E-state index contributed by atoms with van der Waals surface area (Å²) in [7, 11) is 1.62. The van der Waals surface area contributed by atoms with E-state index in [1.165, 1.54) is 18.2 Å². The van der Waals surface area contributed by atoms with Gasteiger partial charge in [0.15, 0.2) is 0 Å². The van der Waals surface area contributed by atoms with Gasteiger partial charge in [0.05, 0.1) is 7.11 Å². The SMILES string of the molecule is COc1ccccc1CNc1cc(C(=O)Nc2cccc(F)c2)ccn1. The van der Waals surface area contributed by atoms with Gasteiger partial charge in [-0.1, -0.05) is 24.3 Å². The average molecular weight is 351 g/mol. The highest BCUT2D eigenvalue weighted by molar-refractivity contribution is 6.04. The normalized spacial score (nSPS) is 10.2. The number of anilines is 2. The number of carbonyl (C=O) groups is 1. The number of carbonyl (C=O) groups excluding carboxylic acids is 1. The lowest BCUT2D eigenvalue weighted by molar-refractivity contribution is 0.102. The molecular formula is C20H18FN3O2. The van der Waals surface area contributed by atoms with Crippen LogP contribution in [0, 0.1) is 5.82 Å². The number of aromatic nitrogens is 1. The number of hydrogen-bond donors (Lipinski definition) is 2. The van der Waals surface area contributed by atoms with Crippen LogP contribution < -0.4 is 15.4 Å². The van der Waals surface area contributed by atoms with Gasteiger partial charge in [0.25, 0.3) is 5.91 Å². The third kappa shape index (κ3) is 4.36. The summed E-state index contributed by atoms with van der Waals surface area (Å²) in [5.41, 5.74) is 1.80. The Bertz CT molecular complexity index is 915. The van der Waals surface area contributed by atoms with E-state index in [1.807, 2.05) is 24.3 Å². The molecule has 2 aromatic carbocycles. The van der Waals surface area contributed by atoms with Gasteiger partial charge in [-0.3, -0.25) is 4.79 Å². The van der Waals surface area contributed by atoms with E-state index >= 15 is 0 Å². The molecule has 0 saturated heterocycles. The second kappa shape index (κ2) is 8.11. The fourth-order valence-corrected chi connectivity index (χ4v) is 2.47. The van der Waals surface area contributed by atoms with Crippen molar-refractivity contribution >= 4 is 17.4 Å². The zero-order valence-electron chi connectivity index (χ0n) is 14.2. The van der Waals surface area contributed by atoms with Crippen LogP contribution in [-0.2, 0) is 6.54 Å². The number of rotatable bonds is 6. The number of ether oxygens (including phenoxy) is 1. The molecule has 1 aromatic heterocycles. The van der Waals surface area contributed by atoms with Crippen LogP contribution >= 0.6 is 0 Å². The van der Waals surface area contributed by atoms with E-state index in [4.69, 9.17) is 4.74 Å². The average Bonchev–Trinajstić information content (AvgIpc) is 2.67. The molecule has 26 heavy (non-hydrogen) atoms. The number of halogens is 1. The molecule has 0 bridgehead atoms. The Balaban J connectivity index is 1.68. The van der Waals surface area contributed by atoms with Crippen molar-refractivity contribution in [2.45, 2.75) is 6.54 Å². The molecule has 0 radical (unpaired) electrons. The van der Waals surface area contributed by atoms with Crippen molar-refractivity contribution in [3.8, 4) is 5.75 Å². The number of benzene rings is 2. The molecule has 0 aliphatic carbocycles. The van der Waals surface area contributed by atoms with Crippen molar-refractivity contribution in [1.82, 2.24) is 4.98 Å². The Labute approximate surface area is 150 Å². The minimum absolute atomic E-state index is 0.335. The predicted molar refractivity (Wildman–Crippen MR) is 98.9 cm³/mol. The van der Waals surface area contributed by atoms with E-state index in [9.17, 15) is 9.18 Å². The molecule has 0 aliphatic heterocycles. The third-order valence-corrected chi connectivity index (χ3v) is 3.76. The van der Waals surface area contributed by atoms with Crippen LogP contribution in [0.1, 0.15) is 15.9 Å². The Morgan fingerprint density at radius 1 is 1.12 bits per heavy atom. The third-order valence-electron chi connectivity index (χ3n) is 3.76. The number of hydrogen-bond acceptors (Lipinski definition) is 4. The van der Waals surface area contributed by atoms with Crippen molar-refractivity contribution in [3.63, 3.8) is 0 Å². The Morgan fingerprint density at radius 2 is 1.96 bits per heavy atom. The maximum atomic E-state index is 13.2. The fourth-order valence-electron chi connectivity index (χ4n) is 2.47. The van der Waals surface area contributed by atoms with Crippen molar-refractivity contribution in [3.05, 3.63) is 83.8 Å². The number of methoxy groups -OCH3 is 1. The van der Waals surface area contributed by atoms with Crippen LogP contribution in [0.4, 0.5) is 15.9 Å². The van der Waals surface area contributed by atoms with Crippen LogP contribution in [0.25, 0.3) is 0 Å². The molecule has 0 saturated carbocycles. The van der Waals surface area contributed by atoms with E-state index in [0.29, 0.717) is 23.6 Å². The van der Waals surface area contributed by atoms with Gasteiger partial charge in [-0.25, -0.2) is 9.37 Å². The van der Waals surface area contributed by atoms with E-state index in [1.54, 1.807) is 31.5 Å². The summed E-state index contributed by atoms with van der Waals surface area (Å²) in [4.78, 5) is 16.6. The van der Waals surface area contributed by atoms with Crippen molar-refractivity contribution in [2.24, 2.45) is 0 Å². The zero-order valence-corrected chi connectivity index (χ0v) is 14.2. The largest absolute Gasteiger partial charge is 0.496 e. The van der Waals surface area contributed by atoms with Crippen molar-refractivity contribution in [2.75, 3.05) is 17.7 Å². The van der Waals surface area contributed by atoms with Crippen LogP contribution in [0.2, 0.25) is 0 Å². The van der Waals surface area contributed by atoms with Crippen LogP contribution in [0.5, 0.6) is 5.75 Å².